The predicted octanol–water partition coefficient (Wildman–Crippen LogP) is 2.76. The van der Waals surface area contributed by atoms with Crippen molar-refractivity contribution in [3.8, 4) is 0 Å². The zero-order valence-corrected chi connectivity index (χ0v) is 12.1. The van der Waals surface area contributed by atoms with Crippen LogP contribution in [-0.4, -0.2) is 21.0 Å². The van der Waals surface area contributed by atoms with E-state index in [-0.39, 0.29) is 21.7 Å². The number of aromatic amines is 1. The Morgan fingerprint density at radius 3 is 2.76 bits per heavy atom. The topological polar surface area (TPSA) is 88.8 Å². The summed E-state index contributed by atoms with van der Waals surface area (Å²) in [6.45, 7) is 1.75. The van der Waals surface area contributed by atoms with Gasteiger partial charge in [0.1, 0.15) is 0 Å². The second-order valence-corrected chi connectivity index (χ2v) is 5.13. The van der Waals surface area contributed by atoms with Gasteiger partial charge in [-0.05, 0) is 30.7 Å². The average molecular weight is 324 g/mol. The van der Waals surface area contributed by atoms with Gasteiger partial charge in [0.15, 0.2) is 21.7 Å². The Morgan fingerprint density at radius 2 is 2.00 bits per heavy atom. The molecular formula is C13H7Cl2N3O3. The molecule has 21 heavy (non-hydrogen) atoms. The van der Waals surface area contributed by atoms with Crippen LogP contribution in [0.1, 0.15) is 21.5 Å². The third-order valence-corrected chi connectivity index (χ3v) is 3.42. The van der Waals surface area contributed by atoms with Gasteiger partial charge in [-0.25, -0.2) is 4.79 Å². The van der Waals surface area contributed by atoms with Crippen molar-refractivity contribution in [3.05, 3.63) is 55.7 Å². The molecule has 0 spiro atoms. The number of ketones is 1. The molecule has 0 atom stereocenters. The number of carbonyl (C=O) groups is 1. The summed E-state index contributed by atoms with van der Waals surface area (Å²) >= 11 is 11.6. The van der Waals surface area contributed by atoms with E-state index in [1.165, 1.54) is 12.1 Å². The van der Waals surface area contributed by atoms with Crippen LogP contribution in [0, 0.1) is 6.92 Å². The largest absolute Gasteiger partial charge is 0.417 e. The number of H-pyrrole nitrogens is 1. The lowest BCUT2D eigenvalue weighted by Gasteiger charge is -2.04. The van der Waals surface area contributed by atoms with Gasteiger partial charge in [0.25, 0.3) is 0 Å². The predicted molar refractivity (Wildman–Crippen MR) is 77.1 cm³/mol. The zero-order valence-electron chi connectivity index (χ0n) is 10.6. The average Bonchev–Trinajstić information content (AvgIpc) is 2.82. The Kier molecular flexibility index (Phi) is 3.27. The normalized spacial score (nSPS) is 11.0. The third kappa shape index (κ3) is 2.43. The Morgan fingerprint density at radius 1 is 1.24 bits per heavy atom. The Balaban J connectivity index is 2.17. The molecular weight excluding hydrogens is 317 g/mol. The Hall–Kier alpha value is -2.18. The molecule has 2 aromatic heterocycles. The van der Waals surface area contributed by atoms with Crippen LogP contribution in [-0.2, 0) is 0 Å². The molecule has 6 nitrogen and oxygen atoms in total. The first-order valence-electron chi connectivity index (χ1n) is 5.82. The summed E-state index contributed by atoms with van der Waals surface area (Å²) in [5.74, 6) is -0.963. The molecule has 106 valence electrons. The van der Waals surface area contributed by atoms with E-state index in [1.54, 1.807) is 13.0 Å². The van der Waals surface area contributed by atoms with Gasteiger partial charge in [0, 0.05) is 5.56 Å². The Labute approximate surface area is 127 Å². The van der Waals surface area contributed by atoms with Gasteiger partial charge in [-0.15, -0.1) is 10.2 Å². The highest BCUT2D eigenvalue weighted by atomic mass is 35.5. The van der Waals surface area contributed by atoms with Crippen molar-refractivity contribution < 1.29 is 9.21 Å². The number of aryl methyl sites for hydroxylation is 1. The number of benzene rings is 1. The summed E-state index contributed by atoms with van der Waals surface area (Å²) in [5, 5.41) is 7.17. The van der Waals surface area contributed by atoms with Crippen molar-refractivity contribution in [2.75, 3.05) is 0 Å². The molecule has 1 N–H and O–H groups in total. The van der Waals surface area contributed by atoms with Gasteiger partial charge in [0.05, 0.1) is 11.1 Å². The maximum atomic E-state index is 12.5. The van der Waals surface area contributed by atoms with E-state index >= 15 is 0 Å². The highest BCUT2D eigenvalue weighted by Crippen LogP contribution is 2.23. The van der Waals surface area contributed by atoms with Crippen LogP contribution in [0.3, 0.4) is 0 Å². The van der Waals surface area contributed by atoms with Crippen molar-refractivity contribution in [1.82, 2.24) is 15.2 Å². The highest BCUT2D eigenvalue weighted by Gasteiger charge is 2.18. The summed E-state index contributed by atoms with van der Waals surface area (Å²) in [5.41, 5.74) is 1.99. The molecule has 2 heterocycles. The van der Waals surface area contributed by atoms with Gasteiger partial charge >= 0.3 is 5.76 Å². The van der Waals surface area contributed by atoms with Crippen molar-refractivity contribution in [1.29, 1.82) is 0 Å². The van der Waals surface area contributed by atoms with Gasteiger partial charge in [0.2, 0.25) is 0 Å². The number of rotatable bonds is 2. The fourth-order valence-corrected chi connectivity index (χ4v) is 2.35. The fraction of sp³-hybridized carbons (Fsp3) is 0.0769. The summed E-state index contributed by atoms with van der Waals surface area (Å²) in [4.78, 5) is 26.3. The number of carbonyl (C=O) groups excluding carboxylic acids is 1. The molecule has 0 aliphatic rings. The highest BCUT2D eigenvalue weighted by molar-refractivity contribution is 6.35. The zero-order chi connectivity index (χ0) is 15.1. The molecule has 8 heteroatoms. The monoisotopic (exact) mass is 323 g/mol. The lowest BCUT2D eigenvalue weighted by Crippen LogP contribution is -2.05. The second kappa shape index (κ2) is 4.98. The van der Waals surface area contributed by atoms with Crippen LogP contribution < -0.4 is 5.76 Å². The molecule has 0 unspecified atom stereocenters. The first-order chi connectivity index (χ1) is 9.95. The van der Waals surface area contributed by atoms with Crippen LogP contribution in [0.15, 0.2) is 27.4 Å². The van der Waals surface area contributed by atoms with E-state index in [1.807, 2.05) is 0 Å². The van der Waals surface area contributed by atoms with E-state index < -0.39 is 5.76 Å². The first-order valence-corrected chi connectivity index (χ1v) is 6.58. The van der Waals surface area contributed by atoms with Gasteiger partial charge in [-0.3, -0.25) is 9.78 Å². The molecule has 1 aromatic carbocycles. The van der Waals surface area contributed by atoms with Crippen LogP contribution in [0.2, 0.25) is 10.3 Å². The number of hydrogen-bond donors (Lipinski definition) is 1. The molecule has 0 aliphatic carbocycles. The number of hydrogen-bond acceptors (Lipinski definition) is 5. The van der Waals surface area contributed by atoms with Gasteiger partial charge in [-0.1, -0.05) is 23.2 Å². The standard InChI is InChI=1S/C13H7Cl2N3O3/c1-5-2-6(3-8-10(5)16-13(20)21-8)11(19)7-4-9(14)17-18-12(7)15/h2-4H,1H3,(H,16,20). The maximum absolute atomic E-state index is 12.5. The molecule has 0 fully saturated rings. The third-order valence-electron chi connectivity index (χ3n) is 2.95. The minimum atomic E-state index is -0.579. The van der Waals surface area contributed by atoms with E-state index in [9.17, 15) is 9.59 Å². The fourth-order valence-electron chi connectivity index (χ4n) is 2.02. The molecule has 0 saturated heterocycles. The minimum absolute atomic E-state index is 0.0438. The van der Waals surface area contributed by atoms with Crippen LogP contribution in [0.25, 0.3) is 11.1 Å². The summed E-state index contributed by atoms with van der Waals surface area (Å²) in [6, 6.07) is 4.43. The number of oxazole rings is 1. The molecule has 0 bridgehead atoms. The lowest BCUT2D eigenvalue weighted by atomic mass is 10.0. The van der Waals surface area contributed by atoms with E-state index in [4.69, 9.17) is 27.6 Å². The van der Waals surface area contributed by atoms with Gasteiger partial charge in [-0.2, -0.15) is 0 Å². The minimum Gasteiger partial charge on any atom is -0.408 e. The maximum Gasteiger partial charge on any atom is 0.417 e. The van der Waals surface area contributed by atoms with Gasteiger partial charge < -0.3 is 4.42 Å². The molecule has 3 rings (SSSR count). The Bertz CT molecular complexity index is 930. The summed E-state index contributed by atoms with van der Waals surface area (Å²) < 4.78 is 4.98. The van der Waals surface area contributed by atoms with Crippen molar-refractivity contribution in [2.24, 2.45) is 0 Å². The van der Waals surface area contributed by atoms with Crippen molar-refractivity contribution in [3.63, 3.8) is 0 Å². The van der Waals surface area contributed by atoms with Crippen LogP contribution in [0.4, 0.5) is 0 Å². The van der Waals surface area contributed by atoms with Crippen molar-refractivity contribution in [2.45, 2.75) is 6.92 Å². The van der Waals surface area contributed by atoms with E-state index in [0.717, 1.165) is 0 Å². The number of fused-ring (bicyclic) bond motifs is 1. The van der Waals surface area contributed by atoms with E-state index in [0.29, 0.717) is 22.2 Å². The van der Waals surface area contributed by atoms with Crippen LogP contribution >= 0.6 is 23.2 Å². The first kappa shape index (κ1) is 13.8. The number of halogens is 2. The smallest absolute Gasteiger partial charge is 0.408 e. The molecule has 3 aromatic rings. The number of nitrogens with one attached hydrogen (secondary N) is 1. The molecule has 0 saturated carbocycles. The summed E-state index contributed by atoms with van der Waals surface area (Å²) in [7, 11) is 0. The lowest BCUT2D eigenvalue weighted by molar-refractivity contribution is 0.103. The quantitative estimate of drug-likeness (QED) is 0.732. The van der Waals surface area contributed by atoms with Crippen molar-refractivity contribution >= 4 is 40.1 Å². The number of nitrogens with zero attached hydrogens (tertiary/aromatic N) is 2. The van der Waals surface area contributed by atoms with E-state index in [2.05, 4.69) is 15.2 Å². The summed E-state index contributed by atoms with van der Waals surface area (Å²) in [6.07, 6.45) is 0. The molecule has 0 amide bonds. The molecule has 0 aliphatic heterocycles. The van der Waals surface area contributed by atoms with Crippen LogP contribution in [0.5, 0.6) is 0 Å². The molecule has 0 radical (unpaired) electrons. The SMILES string of the molecule is Cc1cc(C(=O)c2cc(Cl)nnc2Cl)cc2oc(=O)[nH]c12. The second-order valence-electron chi connectivity index (χ2n) is 4.38. The number of aromatic nitrogens is 3.